The third-order valence-corrected chi connectivity index (χ3v) is 6.02. The average Bonchev–Trinajstić information content (AvgIpc) is 2.84. The number of benzene rings is 1. The van der Waals surface area contributed by atoms with Gasteiger partial charge in [0.15, 0.2) is 11.5 Å². The summed E-state index contributed by atoms with van der Waals surface area (Å²) < 4.78 is 26.6. The molecule has 3 N–H and O–H groups in total. The van der Waals surface area contributed by atoms with Gasteiger partial charge < -0.3 is 34.5 Å². The SMILES string of the molecule is CC(CC(c1ccc(OC(=O)OCC(C)(C)C)c(OC(=O)OCC(C)(C)C)c1)[C@H](N)C(=O)O)OC(=O)C(C)C(C)C. The van der Waals surface area contributed by atoms with E-state index >= 15 is 0 Å². The molecule has 0 radical (unpaired) electrons. The summed E-state index contributed by atoms with van der Waals surface area (Å²) in [6.45, 7) is 18.6. The molecule has 232 valence electrons. The first-order chi connectivity index (χ1) is 18.7. The van der Waals surface area contributed by atoms with Gasteiger partial charge in [0.25, 0.3) is 0 Å². The molecule has 1 aromatic rings. The highest BCUT2D eigenvalue weighted by atomic mass is 16.7. The molecule has 0 aliphatic heterocycles. The van der Waals surface area contributed by atoms with Gasteiger partial charge in [-0.3, -0.25) is 9.59 Å². The maximum absolute atomic E-state index is 12.5. The summed E-state index contributed by atoms with van der Waals surface area (Å²) in [5.41, 5.74) is 5.75. The summed E-state index contributed by atoms with van der Waals surface area (Å²) >= 11 is 0. The van der Waals surface area contributed by atoms with Crippen molar-refractivity contribution in [2.75, 3.05) is 13.2 Å². The van der Waals surface area contributed by atoms with Crippen molar-refractivity contribution in [2.24, 2.45) is 28.4 Å². The van der Waals surface area contributed by atoms with E-state index < -0.39 is 42.3 Å². The summed E-state index contributed by atoms with van der Waals surface area (Å²) in [5.74, 6) is -3.17. The minimum absolute atomic E-state index is 0.0551. The highest BCUT2D eigenvalue weighted by Gasteiger charge is 2.31. The van der Waals surface area contributed by atoms with Gasteiger partial charge in [-0.05, 0) is 47.8 Å². The zero-order valence-corrected chi connectivity index (χ0v) is 25.9. The highest BCUT2D eigenvalue weighted by Crippen LogP contribution is 2.35. The van der Waals surface area contributed by atoms with Crippen molar-refractivity contribution >= 4 is 24.2 Å². The lowest BCUT2D eigenvalue weighted by Crippen LogP contribution is -2.38. The van der Waals surface area contributed by atoms with Crippen LogP contribution in [-0.4, -0.2) is 54.7 Å². The maximum atomic E-state index is 12.5. The normalized spacial score (nSPS) is 14.8. The first-order valence-corrected chi connectivity index (χ1v) is 13.7. The fourth-order valence-corrected chi connectivity index (χ4v) is 3.35. The minimum atomic E-state index is -1.39. The number of rotatable bonds is 12. The van der Waals surface area contributed by atoms with Gasteiger partial charge in [-0.15, -0.1) is 0 Å². The van der Waals surface area contributed by atoms with Gasteiger partial charge in [0.1, 0.15) is 6.04 Å². The van der Waals surface area contributed by atoms with Gasteiger partial charge in [0, 0.05) is 5.92 Å². The molecular formula is C30H47NO10. The van der Waals surface area contributed by atoms with E-state index in [9.17, 15) is 24.3 Å². The molecule has 0 aromatic heterocycles. The Bertz CT molecular complexity index is 1050. The van der Waals surface area contributed by atoms with E-state index in [1.54, 1.807) is 13.8 Å². The molecule has 4 atom stereocenters. The van der Waals surface area contributed by atoms with Crippen LogP contribution in [0, 0.1) is 22.7 Å². The van der Waals surface area contributed by atoms with E-state index in [-0.39, 0.29) is 53.8 Å². The number of carboxylic acids is 1. The Morgan fingerprint density at radius 3 is 1.76 bits per heavy atom. The van der Waals surface area contributed by atoms with Gasteiger partial charge in [-0.1, -0.05) is 68.4 Å². The predicted octanol–water partition coefficient (Wildman–Crippen LogP) is 5.92. The first-order valence-electron chi connectivity index (χ1n) is 13.7. The van der Waals surface area contributed by atoms with Crippen LogP contribution in [0.2, 0.25) is 0 Å². The van der Waals surface area contributed by atoms with Crippen LogP contribution in [0.1, 0.15) is 87.1 Å². The largest absolute Gasteiger partial charge is 0.513 e. The van der Waals surface area contributed by atoms with Crippen molar-refractivity contribution in [3.05, 3.63) is 23.8 Å². The molecule has 3 unspecified atom stereocenters. The van der Waals surface area contributed by atoms with Crippen molar-refractivity contribution in [2.45, 2.75) is 93.7 Å². The van der Waals surface area contributed by atoms with E-state index in [0.717, 1.165) is 0 Å². The third kappa shape index (κ3) is 13.2. The molecule has 11 heteroatoms. The Labute approximate surface area is 243 Å². The second kappa shape index (κ2) is 15.0. The van der Waals surface area contributed by atoms with E-state index in [0.29, 0.717) is 5.56 Å². The quantitative estimate of drug-likeness (QED) is 0.171. The standard InChI is InChI=1S/C30H47NO10/c1-17(2)19(4)26(34)39-18(3)13-21(24(31)25(32)33)20-11-12-22(40-27(35)37-15-29(5,6)7)23(14-20)41-28(36)38-16-30(8,9)10/h11-12,14,17-19,21,24H,13,15-16,31H2,1-10H3,(H,32,33)/t18?,19?,21?,24-/m0/s1. The molecule has 0 saturated carbocycles. The number of aliphatic carboxylic acids is 1. The lowest BCUT2D eigenvalue weighted by Gasteiger charge is -2.26. The number of nitrogens with two attached hydrogens (primary N) is 1. The van der Waals surface area contributed by atoms with Gasteiger partial charge in [-0.25, -0.2) is 9.59 Å². The van der Waals surface area contributed by atoms with E-state index in [1.165, 1.54) is 18.2 Å². The number of hydrogen-bond donors (Lipinski definition) is 2. The fourth-order valence-electron chi connectivity index (χ4n) is 3.35. The van der Waals surface area contributed by atoms with Gasteiger partial charge in [0.2, 0.25) is 0 Å². The third-order valence-electron chi connectivity index (χ3n) is 6.02. The molecule has 0 bridgehead atoms. The molecule has 0 saturated heterocycles. The maximum Gasteiger partial charge on any atom is 0.513 e. The second-order valence-corrected chi connectivity index (χ2v) is 13.1. The van der Waals surface area contributed by atoms with Crippen molar-refractivity contribution < 1.29 is 48.0 Å². The molecular weight excluding hydrogens is 534 g/mol. The Balaban J connectivity index is 3.36. The first kappa shape index (κ1) is 35.7. The molecule has 11 nitrogen and oxygen atoms in total. The number of hydrogen-bond acceptors (Lipinski definition) is 10. The zero-order chi connectivity index (χ0) is 31.7. The lowest BCUT2D eigenvalue weighted by molar-refractivity contribution is -0.154. The summed E-state index contributed by atoms with van der Waals surface area (Å²) in [5, 5.41) is 9.70. The number of carbonyl (C=O) groups is 4. The van der Waals surface area contributed by atoms with Crippen LogP contribution in [0.15, 0.2) is 18.2 Å². The molecule has 0 fully saturated rings. The van der Waals surface area contributed by atoms with Crippen LogP contribution in [0.5, 0.6) is 11.5 Å². The number of esters is 1. The Morgan fingerprint density at radius 2 is 1.32 bits per heavy atom. The Hall–Kier alpha value is -3.34. The van der Waals surface area contributed by atoms with E-state index in [1.807, 2.05) is 55.4 Å². The summed E-state index contributed by atoms with van der Waals surface area (Å²) in [6, 6.07) is 2.81. The van der Waals surface area contributed by atoms with Crippen LogP contribution < -0.4 is 15.2 Å². The van der Waals surface area contributed by atoms with Crippen LogP contribution in [0.4, 0.5) is 9.59 Å². The monoisotopic (exact) mass is 581 g/mol. The zero-order valence-electron chi connectivity index (χ0n) is 25.9. The molecule has 1 rings (SSSR count). The lowest BCUT2D eigenvalue weighted by atomic mass is 9.87. The van der Waals surface area contributed by atoms with Crippen molar-refractivity contribution in [1.82, 2.24) is 0 Å². The fraction of sp³-hybridized carbons (Fsp3) is 0.667. The van der Waals surface area contributed by atoms with E-state index in [4.69, 9.17) is 29.4 Å². The van der Waals surface area contributed by atoms with Crippen molar-refractivity contribution in [3.63, 3.8) is 0 Å². The summed E-state index contributed by atoms with van der Waals surface area (Å²) in [6.07, 6.45) is -2.68. The van der Waals surface area contributed by atoms with Gasteiger partial charge >= 0.3 is 24.2 Å². The van der Waals surface area contributed by atoms with Crippen molar-refractivity contribution in [1.29, 1.82) is 0 Å². The molecule has 0 aliphatic carbocycles. The van der Waals surface area contributed by atoms with Gasteiger partial charge in [-0.2, -0.15) is 0 Å². The predicted molar refractivity (Wildman–Crippen MR) is 152 cm³/mol. The van der Waals surface area contributed by atoms with Crippen LogP contribution in [-0.2, 0) is 23.8 Å². The number of carboxylic acid groups (broad SMARTS) is 1. The molecule has 0 amide bonds. The second-order valence-electron chi connectivity index (χ2n) is 13.1. The van der Waals surface area contributed by atoms with E-state index in [2.05, 4.69) is 0 Å². The summed E-state index contributed by atoms with van der Waals surface area (Å²) in [7, 11) is 0. The Morgan fingerprint density at radius 1 is 0.829 bits per heavy atom. The average molecular weight is 582 g/mol. The summed E-state index contributed by atoms with van der Waals surface area (Å²) in [4.78, 5) is 49.2. The molecule has 1 aromatic carbocycles. The minimum Gasteiger partial charge on any atom is -0.480 e. The van der Waals surface area contributed by atoms with Crippen LogP contribution in [0.25, 0.3) is 0 Å². The highest BCUT2D eigenvalue weighted by molar-refractivity contribution is 5.75. The molecule has 41 heavy (non-hydrogen) atoms. The Kier molecular flexibility index (Phi) is 13.1. The molecule has 0 heterocycles. The molecule has 0 spiro atoms. The smallest absolute Gasteiger partial charge is 0.480 e. The topological polar surface area (TPSA) is 161 Å². The van der Waals surface area contributed by atoms with Crippen LogP contribution >= 0.6 is 0 Å². The van der Waals surface area contributed by atoms with Gasteiger partial charge in [0.05, 0.1) is 25.2 Å². The molecule has 0 aliphatic rings. The number of ether oxygens (including phenoxy) is 5. The van der Waals surface area contributed by atoms with Crippen molar-refractivity contribution in [3.8, 4) is 11.5 Å². The van der Waals surface area contributed by atoms with Crippen LogP contribution in [0.3, 0.4) is 0 Å². The number of carbonyl (C=O) groups excluding carboxylic acids is 3.